The molecule has 0 aromatic heterocycles. The highest BCUT2D eigenvalue weighted by Gasteiger charge is 2.70. The number of fused-ring (bicyclic) bond motifs is 4. The second-order valence-electron chi connectivity index (χ2n) is 8.02. The van der Waals surface area contributed by atoms with E-state index in [1.807, 2.05) is 6.92 Å². The SMILES string of the molecule is CCC(C)N1C(=O)C2C(CCC(N)=O)NC3(C(=O)Nc4ccc(F)cc43)C2C1=O. The Morgan fingerprint density at radius 3 is 2.69 bits per heavy atom. The van der Waals surface area contributed by atoms with Crippen molar-refractivity contribution in [3.8, 4) is 0 Å². The van der Waals surface area contributed by atoms with Gasteiger partial charge in [-0.25, -0.2) is 4.39 Å². The van der Waals surface area contributed by atoms with Crippen LogP contribution in [0.2, 0.25) is 0 Å². The highest BCUT2D eigenvalue weighted by molar-refractivity contribution is 6.15. The van der Waals surface area contributed by atoms with Crippen molar-refractivity contribution in [2.75, 3.05) is 5.32 Å². The molecule has 4 N–H and O–H groups in total. The van der Waals surface area contributed by atoms with Gasteiger partial charge in [0.25, 0.3) is 0 Å². The lowest BCUT2D eigenvalue weighted by Gasteiger charge is -2.31. The van der Waals surface area contributed by atoms with Crippen LogP contribution in [0.25, 0.3) is 0 Å². The molecule has 2 fully saturated rings. The van der Waals surface area contributed by atoms with E-state index in [1.165, 1.54) is 23.1 Å². The maximum atomic E-state index is 14.1. The number of carbonyl (C=O) groups excluding carboxylic acids is 4. The molecule has 0 bridgehead atoms. The second-order valence-corrected chi connectivity index (χ2v) is 8.02. The summed E-state index contributed by atoms with van der Waals surface area (Å²) in [5.41, 5.74) is 4.44. The third-order valence-electron chi connectivity index (χ3n) is 6.44. The lowest BCUT2D eigenvalue weighted by Crippen LogP contribution is -2.54. The third kappa shape index (κ3) is 2.60. The van der Waals surface area contributed by atoms with E-state index in [9.17, 15) is 23.6 Å². The molecule has 3 aliphatic heterocycles. The van der Waals surface area contributed by atoms with Crippen molar-refractivity contribution in [3.05, 3.63) is 29.6 Å². The number of rotatable bonds is 5. The van der Waals surface area contributed by atoms with Gasteiger partial charge < -0.3 is 11.1 Å². The van der Waals surface area contributed by atoms with Crippen molar-refractivity contribution in [1.29, 1.82) is 0 Å². The van der Waals surface area contributed by atoms with Crippen LogP contribution in [0.1, 0.15) is 38.7 Å². The van der Waals surface area contributed by atoms with Crippen molar-refractivity contribution in [2.45, 2.75) is 50.7 Å². The van der Waals surface area contributed by atoms with E-state index >= 15 is 0 Å². The van der Waals surface area contributed by atoms with Crippen LogP contribution >= 0.6 is 0 Å². The molecule has 0 radical (unpaired) electrons. The molecule has 5 unspecified atom stereocenters. The monoisotopic (exact) mass is 402 g/mol. The Morgan fingerprint density at radius 2 is 2.03 bits per heavy atom. The Hall–Kier alpha value is -2.81. The zero-order chi connectivity index (χ0) is 21.1. The van der Waals surface area contributed by atoms with Gasteiger partial charge in [0.1, 0.15) is 11.4 Å². The van der Waals surface area contributed by atoms with Gasteiger partial charge in [0.2, 0.25) is 23.6 Å². The molecule has 0 aliphatic carbocycles. The number of hydrogen-bond acceptors (Lipinski definition) is 5. The number of likely N-dealkylation sites (tertiary alicyclic amines) is 1. The Morgan fingerprint density at radius 1 is 1.31 bits per heavy atom. The first-order chi connectivity index (χ1) is 13.7. The summed E-state index contributed by atoms with van der Waals surface area (Å²) in [5, 5.41) is 5.85. The normalized spacial score (nSPS) is 31.2. The topological polar surface area (TPSA) is 122 Å². The number of carbonyl (C=O) groups is 4. The van der Waals surface area contributed by atoms with E-state index in [4.69, 9.17) is 5.73 Å². The number of nitrogens with one attached hydrogen (secondary N) is 2. The number of halogens is 1. The molecule has 1 aromatic carbocycles. The minimum atomic E-state index is -1.56. The Kier molecular flexibility index (Phi) is 4.45. The van der Waals surface area contributed by atoms with E-state index in [0.29, 0.717) is 17.7 Å². The number of anilines is 1. The predicted molar refractivity (Wildman–Crippen MR) is 101 cm³/mol. The van der Waals surface area contributed by atoms with Gasteiger partial charge in [-0.05, 0) is 38.0 Å². The summed E-state index contributed by atoms with van der Waals surface area (Å²) in [6.07, 6.45) is 0.768. The van der Waals surface area contributed by atoms with Gasteiger partial charge in [-0.15, -0.1) is 0 Å². The fraction of sp³-hybridized carbons (Fsp3) is 0.500. The van der Waals surface area contributed by atoms with Gasteiger partial charge >= 0.3 is 0 Å². The first-order valence-electron chi connectivity index (χ1n) is 9.76. The van der Waals surface area contributed by atoms with E-state index in [-0.39, 0.29) is 24.8 Å². The van der Waals surface area contributed by atoms with Gasteiger partial charge in [-0.2, -0.15) is 0 Å². The molecular weight excluding hydrogens is 379 g/mol. The largest absolute Gasteiger partial charge is 0.370 e. The summed E-state index contributed by atoms with van der Waals surface area (Å²) in [6, 6.07) is 2.95. The van der Waals surface area contributed by atoms with Crippen LogP contribution in [0.4, 0.5) is 10.1 Å². The van der Waals surface area contributed by atoms with Crippen molar-refractivity contribution < 1.29 is 23.6 Å². The van der Waals surface area contributed by atoms with Crippen LogP contribution in [-0.4, -0.2) is 40.6 Å². The smallest absolute Gasteiger partial charge is 0.250 e. The minimum absolute atomic E-state index is 0.000600. The van der Waals surface area contributed by atoms with Crippen LogP contribution in [0, 0.1) is 17.7 Å². The third-order valence-corrected chi connectivity index (χ3v) is 6.44. The highest BCUT2D eigenvalue weighted by Crippen LogP contribution is 2.53. The van der Waals surface area contributed by atoms with E-state index in [2.05, 4.69) is 10.6 Å². The summed E-state index contributed by atoms with van der Waals surface area (Å²) >= 11 is 0. The molecule has 9 heteroatoms. The van der Waals surface area contributed by atoms with Crippen molar-refractivity contribution in [2.24, 2.45) is 17.6 Å². The Bertz CT molecular complexity index is 935. The molecule has 1 aromatic rings. The quantitative estimate of drug-likeness (QED) is 0.623. The van der Waals surface area contributed by atoms with E-state index < -0.39 is 47.0 Å². The molecule has 8 nitrogen and oxygen atoms in total. The molecule has 0 saturated carbocycles. The molecule has 4 amide bonds. The predicted octanol–water partition coefficient (Wildman–Crippen LogP) is 0.610. The van der Waals surface area contributed by atoms with Crippen LogP contribution in [0.3, 0.4) is 0 Å². The zero-order valence-corrected chi connectivity index (χ0v) is 16.2. The van der Waals surface area contributed by atoms with Crippen molar-refractivity contribution in [1.82, 2.24) is 10.2 Å². The van der Waals surface area contributed by atoms with Gasteiger partial charge in [0.15, 0.2) is 0 Å². The van der Waals surface area contributed by atoms with Crippen LogP contribution in [-0.2, 0) is 24.7 Å². The van der Waals surface area contributed by atoms with Crippen LogP contribution in [0.15, 0.2) is 18.2 Å². The van der Waals surface area contributed by atoms with Gasteiger partial charge in [-0.1, -0.05) is 6.92 Å². The summed E-state index contributed by atoms with van der Waals surface area (Å²) in [7, 11) is 0. The zero-order valence-electron chi connectivity index (χ0n) is 16.2. The minimum Gasteiger partial charge on any atom is -0.370 e. The summed E-state index contributed by atoms with van der Waals surface area (Å²) < 4.78 is 14.1. The molecule has 3 aliphatic rings. The summed E-state index contributed by atoms with van der Waals surface area (Å²) in [6.45, 7) is 3.64. The molecule has 5 atom stereocenters. The second kappa shape index (κ2) is 6.62. The van der Waals surface area contributed by atoms with Crippen LogP contribution in [0.5, 0.6) is 0 Å². The number of amides is 4. The standard InChI is InChI=1S/C20H23FN4O4/c1-3-9(2)25-17(27)15-13(6-7-14(22)26)24-20(16(15)18(25)28)11-8-10(21)4-5-12(11)23-19(20)29/h4-5,8-9,13,15-16,24H,3,6-7H2,1-2H3,(H2,22,26)(H,23,29). The molecule has 4 rings (SSSR count). The Labute approximate surface area is 167 Å². The van der Waals surface area contributed by atoms with Crippen molar-refractivity contribution in [3.63, 3.8) is 0 Å². The average molecular weight is 402 g/mol. The highest BCUT2D eigenvalue weighted by atomic mass is 19.1. The maximum Gasteiger partial charge on any atom is 0.250 e. The summed E-state index contributed by atoms with van der Waals surface area (Å²) in [4.78, 5) is 52.3. The van der Waals surface area contributed by atoms with Gasteiger partial charge in [0.05, 0.1) is 11.8 Å². The number of benzene rings is 1. The lowest BCUT2D eigenvalue weighted by atomic mass is 9.76. The average Bonchev–Trinajstić information content (AvgIpc) is 3.25. The maximum absolute atomic E-state index is 14.1. The van der Waals surface area contributed by atoms with E-state index in [0.717, 1.165) is 0 Å². The number of nitrogens with two attached hydrogens (primary N) is 1. The first kappa shape index (κ1) is 19.5. The summed E-state index contributed by atoms with van der Waals surface area (Å²) in [5.74, 6) is -4.24. The molecule has 3 heterocycles. The van der Waals surface area contributed by atoms with E-state index in [1.54, 1.807) is 6.92 Å². The lowest BCUT2D eigenvalue weighted by molar-refractivity contribution is -0.145. The number of nitrogens with zero attached hydrogens (tertiary/aromatic N) is 1. The molecule has 2 saturated heterocycles. The molecule has 29 heavy (non-hydrogen) atoms. The van der Waals surface area contributed by atoms with Gasteiger partial charge in [-0.3, -0.25) is 29.4 Å². The molecule has 154 valence electrons. The fourth-order valence-electron chi connectivity index (χ4n) is 4.96. The Balaban J connectivity index is 1.85. The van der Waals surface area contributed by atoms with Crippen LogP contribution < -0.4 is 16.4 Å². The molecular formula is C20H23FN4O4. The number of hydrogen-bond donors (Lipinski definition) is 3. The number of primary amides is 1. The van der Waals surface area contributed by atoms with Crippen molar-refractivity contribution >= 4 is 29.3 Å². The first-order valence-corrected chi connectivity index (χ1v) is 9.76. The number of imide groups is 1. The van der Waals surface area contributed by atoms with Gasteiger partial charge in [0, 0.05) is 29.8 Å². The fourth-order valence-corrected chi connectivity index (χ4v) is 4.96. The molecule has 1 spiro atoms.